The van der Waals surface area contributed by atoms with Gasteiger partial charge in [0.25, 0.3) is 0 Å². The van der Waals surface area contributed by atoms with E-state index in [0.717, 1.165) is 5.56 Å². The van der Waals surface area contributed by atoms with Gasteiger partial charge in [-0.05, 0) is 23.3 Å². The third-order valence-corrected chi connectivity index (χ3v) is 2.48. The smallest absolute Gasteiger partial charge is 0.0725 e. The molecular weight excluding hydrogens is 220 g/mol. The van der Waals surface area contributed by atoms with E-state index >= 15 is 0 Å². The first-order chi connectivity index (χ1) is 8.95. The Labute approximate surface area is 108 Å². The number of hydrogen-bond acceptors (Lipinski definition) is 1. The molecule has 0 bridgehead atoms. The number of benzene rings is 2. The van der Waals surface area contributed by atoms with Crippen molar-refractivity contribution in [2.24, 2.45) is 0 Å². The summed E-state index contributed by atoms with van der Waals surface area (Å²) in [6.45, 7) is 1.22. The Hall–Kier alpha value is -2.08. The average molecular weight is 236 g/mol. The van der Waals surface area contributed by atoms with Gasteiger partial charge in [-0.1, -0.05) is 60.7 Å². The number of ether oxygens (including phenoxy) is 1. The fraction of sp³-hybridized carbons (Fsp3) is 0.118. The van der Waals surface area contributed by atoms with Gasteiger partial charge in [-0.15, -0.1) is 5.73 Å². The van der Waals surface area contributed by atoms with E-state index in [1.807, 2.05) is 60.7 Å². The van der Waals surface area contributed by atoms with Gasteiger partial charge in [-0.25, -0.2) is 0 Å². The minimum Gasteiger partial charge on any atom is -0.372 e. The second-order valence-corrected chi connectivity index (χ2v) is 3.93. The molecule has 0 aliphatic heterocycles. The van der Waals surface area contributed by atoms with E-state index in [0.29, 0.717) is 13.2 Å². The molecule has 2 aromatic rings. The maximum absolute atomic E-state index is 5.52. The largest absolute Gasteiger partial charge is 0.372 e. The van der Waals surface area contributed by atoms with Crippen molar-refractivity contribution in [2.75, 3.05) is 6.61 Å². The van der Waals surface area contributed by atoms with E-state index in [-0.39, 0.29) is 0 Å². The highest BCUT2D eigenvalue weighted by molar-refractivity contribution is 5.47. The van der Waals surface area contributed by atoms with E-state index in [2.05, 4.69) is 17.9 Å². The molecule has 0 saturated carbocycles. The van der Waals surface area contributed by atoms with Crippen molar-refractivity contribution >= 4 is 6.08 Å². The highest BCUT2D eigenvalue weighted by atomic mass is 16.5. The molecule has 0 aliphatic rings. The van der Waals surface area contributed by atoms with E-state index in [1.54, 1.807) is 0 Å². The standard InChI is InChI=1S/C17H16O/c1-3-9-16(10-4-1)11-7-8-14-18-15-17-12-5-2-6-13-17/h1-6,8-13H,14-15H2. The Morgan fingerprint density at radius 1 is 0.889 bits per heavy atom. The fourth-order valence-electron chi connectivity index (χ4n) is 1.56. The molecule has 0 aromatic heterocycles. The molecule has 18 heavy (non-hydrogen) atoms. The summed E-state index contributed by atoms with van der Waals surface area (Å²) in [4.78, 5) is 0. The molecule has 0 fully saturated rings. The Bertz CT molecular complexity index is 508. The van der Waals surface area contributed by atoms with E-state index in [4.69, 9.17) is 4.74 Å². The lowest BCUT2D eigenvalue weighted by Gasteiger charge is -1.99. The highest BCUT2D eigenvalue weighted by Gasteiger charge is 1.88. The van der Waals surface area contributed by atoms with Crippen LogP contribution in [-0.2, 0) is 11.3 Å². The first-order valence-corrected chi connectivity index (χ1v) is 6.03. The molecule has 0 N–H and O–H groups in total. The Morgan fingerprint density at radius 3 is 2.28 bits per heavy atom. The molecule has 0 amide bonds. The quantitative estimate of drug-likeness (QED) is 0.561. The van der Waals surface area contributed by atoms with Crippen LogP contribution in [0.25, 0.3) is 6.08 Å². The number of rotatable bonds is 5. The Balaban J connectivity index is 1.74. The molecule has 1 heteroatoms. The minimum absolute atomic E-state index is 0.582. The summed E-state index contributed by atoms with van der Waals surface area (Å²) in [6, 6.07) is 20.3. The second-order valence-electron chi connectivity index (χ2n) is 3.93. The minimum atomic E-state index is 0.582. The molecular formula is C17H16O. The van der Waals surface area contributed by atoms with E-state index in [9.17, 15) is 0 Å². The van der Waals surface area contributed by atoms with Gasteiger partial charge in [0.2, 0.25) is 0 Å². The van der Waals surface area contributed by atoms with Crippen LogP contribution in [0.5, 0.6) is 0 Å². The molecule has 0 saturated heterocycles. The first-order valence-electron chi connectivity index (χ1n) is 6.03. The summed E-state index contributed by atoms with van der Waals surface area (Å²) < 4.78 is 5.52. The second kappa shape index (κ2) is 7.29. The van der Waals surface area contributed by atoms with Gasteiger partial charge in [0, 0.05) is 0 Å². The van der Waals surface area contributed by atoms with Gasteiger partial charge in [0.1, 0.15) is 0 Å². The molecule has 0 unspecified atom stereocenters. The van der Waals surface area contributed by atoms with Crippen molar-refractivity contribution in [1.29, 1.82) is 0 Å². The predicted octanol–water partition coefficient (Wildman–Crippen LogP) is 4.07. The molecule has 0 spiro atoms. The molecule has 2 aromatic carbocycles. The lowest BCUT2D eigenvalue weighted by atomic mass is 10.2. The summed E-state index contributed by atoms with van der Waals surface area (Å²) in [5, 5.41) is 0. The van der Waals surface area contributed by atoms with Crippen LogP contribution in [0.3, 0.4) is 0 Å². The monoisotopic (exact) mass is 236 g/mol. The predicted molar refractivity (Wildman–Crippen MR) is 75.1 cm³/mol. The third-order valence-electron chi connectivity index (χ3n) is 2.48. The van der Waals surface area contributed by atoms with E-state index < -0.39 is 0 Å². The van der Waals surface area contributed by atoms with Gasteiger partial charge < -0.3 is 4.74 Å². The lowest BCUT2D eigenvalue weighted by molar-refractivity contribution is 0.149. The van der Waals surface area contributed by atoms with Crippen molar-refractivity contribution in [1.82, 2.24) is 0 Å². The van der Waals surface area contributed by atoms with Crippen LogP contribution in [0.1, 0.15) is 11.1 Å². The van der Waals surface area contributed by atoms with Crippen LogP contribution in [0, 0.1) is 0 Å². The molecule has 90 valence electrons. The summed E-state index contributed by atoms with van der Waals surface area (Å²) in [6.07, 6.45) is 3.85. The van der Waals surface area contributed by atoms with Crippen molar-refractivity contribution in [3.63, 3.8) is 0 Å². The molecule has 0 atom stereocenters. The van der Waals surface area contributed by atoms with Crippen LogP contribution >= 0.6 is 0 Å². The molecule has 2 rings (SSSR count). The van der Waals surface area contributed by atoms with Gasteiger partial charge in [0.05, 0.1) is 13.2 Å². The van der Waals surface area contributed by atoms with Gasteiger partial charge >= 0.3 is 0 Å². The third kappa shape index (κ3) is 4.42. The summed E-state index contributed by atoms with van der Waals surface area (Å²) in [5.41, 5.74) is 5.46. The molecule has 0 aliphatic carbocycles. The van der Waals surface area contributed by atoms with Crippen molar-refractivity contribution in [2.45, 2.75) is 6.61 Å². The van der Waals surface area contributed by atoms with Crippen LogP contribution in [0.4, 0.5) is 0 Å². The highest BCUT2D eigenvalue weighted by Crippen LogP contribution is 2.01. The van der Waals surface area contributed by atoms with Crippen molar-refractivity contribution in [3.8, 4) is 0 Å². The normalized spacial score (nSPS) is 9.56. The fourth-order valence-corrected chi connectivity index (χ4v) is 1.56. The molecule has 0 heterocycles. The maximum atomic E-state index is 5.52. The number of hydrogen-bond donors (Lipinski definition) is 0. The van der Waals surface area contributed by atoms with Gasteiger partial charge in [-0.2, -0.15) is 0 Å². The summed E-state index contributed by atoms with van der Waals surface area (Å²) >= 11 is 0. The van der Waals surface area contributed by atoms with Gasteiger partial charge in [0.15, 0.2) is 0 Å². The van der Waals surface area contributed by atoms with Crippen molar-refractivity contribution < 1.29 is 4.74 Å². The first kappa shape index (κ1) is 12.4. The van der Waals surface area contributed by atoms with Crippen LogP contribution in [0.15, 0.2) is 72.5 Å². The Morgan fingerprint density at radius 2 is 1.56 bits per heavy atom. The van der Waals surface area contributed by atoms with Crippen molar-refractivity contribution in [3.05, 3.63) is 83.6 Å². The van der Waals surface area contributed by atoms with Crippen LogP contribution in [-0.4, -0.2) is 6.61 Å². The van der Waals surface area contributed by atoms with Crippen LogP contribution < -0.4 is 0 Å². The average Bonchev–Trinajstić information content (AvgIpc) is 2.45. The topological polar surface area (TPSA) is 9.23 Å². The lowest BCUT2D eigenvalue weighted by Crippen LogP contribution is -1.91. The Kier molecular flexibility index (Phi) is 5.01. The van der Waals surface area contributed by atoms with E-state index in [1.165, 1.54) is 5.56 Å². The zero-order chi connectivity index (χ0) is 12.5. The zero-order valence-electron chi connectivity index (χ0n) is 10.3. The van der Waals surface area contributed by atoms with Gasteiger partial charge in [-0.3, -0.25) is 0 Å². The summed E-state index contributed by atoms with van der Waals surface area (Å²) in [7, 11) is 0. The zero-order valence-corrected chi connectivity index (χ0v) is 10.3. The summed E-state index contributed by atoms with van der Waals surface area (Å²) in [5.74, 6) is 0. The molecule has 0 radical (unpaired) electrons. The maximum Gasteiger partial charge on any atom is 0.0725 e. The molecule has 1 nitrogen and oxygen atoms in total. The van der Waals surface area contributed by atoms with Crippen LogP contribution in [0.2, 0.25) is 0 Å². The SMILES string of the molecule is C(=CCOCc1ccccc1)=Cc1ccccc1.